The molecule has 2 aliphatic carbocycles. The average molecular weight is 308 g/mol. The maximum Gasteiger partial charge on any atom is 0.307 e. The predicted molar refractivity (Wildman–Crippen MR) is 83.2 cm³/mol. The quantitative estimate of drug-likeness (QED) is 0.739. The Morgan fingerprint density at radius 2 is 1.68 bits per heavy atom. The van der Waals surface area contributed by atoms with Crippen LogP contribution >= 0.6 is 0 Å². The highest BCUT2D eigenvalue weighted by molar-refractivity contribution is 5.82. The molecule has 0 spiro atoms. The Morgan fingerprint density at radius 3 is 2.23 bits per heavy atom. The van der Waals surface area contributed by atoms with Crippen LogP contribution in [0.1, 0.15) is 39.0 Å². The van der Waals surface area contributed by atoms with Crippen LogP contribution < -0.4 is 0 Å². The number of carbonyl (C=O) groups excluding carboxylic acids is 2. The molecule has 5 heteroatoms. The van der Waals surface area contributed by atoms with Crippen LogP contribution in [0, 0.1) is 17.8 Å². The molecule has 1 saturated heterocycles. The van der Waals surface area contributed by atoms with E-state index < -0.39 is 0 Å². The topological polar surface area (TPSA) is 49.9 Å². The number of methoxy groups -OCH3 is 1. The maximum absolute atomic E-state index is 12.7. The first-order valence-corrected chi connectivity index (χ1v) is 8.71. The molecule has 1 aliphatic heterocycles. The van der Waals surface area contributed by atoms with E-state index in [1.165, 1.54) is 32.8 Å². The molecule has 2 saturated carbocycles. The number of carbonyl (C=O) groups is 2. The molecule has 0 bridgehead atoms. The third-order valence-corrected chi connectivity index (χ3v) is 5.88. The lowest BCUT2D eigenvalue weighted by Crippen LogP contribution is -2.52. The van der Waals surface area contributed by atoms with Gasteiger partial charge in [0.05, 0.1) is 13.5 Å². The van der Waals surface area contributed by atoms with Crippen molar-refractivity contribution >= 4 is 11.9 Å². The highest BCUT2D eigenvalue weighted by Gasteiger charge is 2.55. The van der Waals surface area contributed by atoms with E-state index >= 15 is 0 Å². The first-order valence-electron chi connectivity index (χ1n) is 8.71. The van der Waals surface area contributed by atoms with Gasteiger partial charge in [0.1, 0.15) is 0 Å². The fourth-order valence-corrected chi connectivity index (χ4v) is 4.41. The number of amides is 1. The molecule has 1 amide bonds. The molecule has 22 heavy (non-hydrogen) atoms. The molecule has 0 radical (unpaired) electrons. The molecule has 3 aliphatic rings. The number of ether oxygens (including phenoxy) is 1. The number of esters is 1. The summed E-state index contributed by atoms with van der Waals surface area (Å²) in [4.78, 5) is 28.4. The van der Waals surface area contributed by atoms with Crippen LogP contribution in [-0.4, -0.2) is 61.0 Å². The minimum Gasteiger partial charge on any atom is -0.469 e. The van der Waals surface area contributed by atoms with Crippen LogP contribution in [0.5, 0.6) is 0 Å². The van der Waals surface area contributed by atoms with Gasteiger partial charge in [-0.05, 0) is 31.6 Å². The summed E-state index contributed by atoms with van der Waals surface area (Å²) >= 11 is 0. The summed E-state index contributed by atoms with van der Waals surface area (Å²) in [6.07, 6.45) is 5.57. The Morgan fingerprint density at radius 1 is 1.09 bits per heavy atom. The first-order chi connectivity index (χ1) is 10.6. The fourth-order valence-electron chi connectivity index (χ4n) is 4.41. The Kier molecular flexibility index (Phi) is 4.71. The number of rotatable bonds is 4. The summed E-state index contributed by atoms with van der Waals surface area (Å²) in [5.41, 5.74) is 0. The Labute approximate surface area is 133 Å². The molecule has 0 aromatic carbocycles. The van der Waals surface area contributed by atoms with Crippen molar-refractivity contribution in [3.63, 3.8) is 0 Å². The van der Waals surface area contributed by atoms with Crippen molar-refractivity contribution in [3.8, 4) is 0 Å². The van der Waals surface area contributed by atoms with Gasteiger partial charge in [-0.3, -0.25) is 14.5 Å². The largest absolute Gasteiger partial charge is 0.469 e. The molecule has 3 atom stereocenters. The van der Waals surface area contributed by atoms with Gasteiger partial charge in [0, 0.05) is 38.1 Å². The van der Waals surface area contributed by atoms with Gasteiger partial charge in [-0.25, -0.2) is 0 Å². The Bertz CT molecular complexity index is 420. The molecule has 0 N–H and O–H groups in total. The van der Waals surface area contributed by atoms with Crippen molar-refractivity contribution in [2.24, 2.45) is 17.8 Å². The van der Waals surface area contributed by atoms with E-state index in [1.807, 2.05) is 0 Å². The molecule has 0 aromatic rings. The molecule has 3 fully saturated rings. The van der Waals surface area contributed by atoms with Crippen LogP contribution in [0.3, 0.4) is 0 Å². The summed E-state index contributed by atoms with van der Waals surface area (Å²) in [7, 11) is 1.43. The van der Waals surface area contributed by atoms with Crippen LogP contribution in [0.4, 0.5) is 0 Å². The van der Waals surface area contributed by atoms with Crippen molar-refractivity contribution in [3.05, 3.63) is 0 Å². The van der Waals surface area contributed by atoms with E-state index in [0.717, 1.165) is 26.2 Å². The molecule has 124 valence electrons. The van der Waals surface area contributed by atoms with Gasteiger partial charge in [0.15, 0.2) is 0 Å². The van der Waals surface area contributed by atoms with Crippen molar-refractivity contribution in [1.29, 1.82) is 0 Å². The molecule has 3 rings (SSSR count). The predicted octanol–water partition coefficient (Wildman–Crippen LogP) is 1.52. The summed E-state index contributed by atoms with van der Waals surface area (Å²) in [5, 5.41) is 0. The maximum atomic E-state index is 12.7. The van der Waals surface area contributed by atoms with E-state index in [1.54, 1.807) is 0 Å². The van der Waals surface area contributed by atoms with Crippen molar-refractivity contribution in [1.82, 2.24) is 9.80 Å². The zero-order valence-electron chi connectivity index (χ0n) is 13.8. The number of hydrogen-bond donors (Lipinski definition) is 0. The van der Waals surface area contributed by atoms with E-state index in [0.29, 0.717) is 30.1 Å². The van der Waals surface area contributed by atoms with E-state index in [2.05, 4.69) is 16.7 Å². The number of piperazine rings is 1. The first kappa shape index (κ1) is 15.8. The number of fused-ring (bicyclic) bond motifs is 1. The minimum atomic E-state index is -0.159. The highest BCUT2D eigenvalue weighted by atomic mass is 16.5. The summed E-state index contributed by atoms with van der Waals surface area (Å²) in [6.45, 7) is 5.41. The number of nitrogens with zero attached hydrogens (tertiary/aromatic N) is 2. The number of hydrogen-bond acceptors (Lipinski definition) is 4. The Hall–Kier alpha value is -1.10. The second-order valence-electron chi connectivity index (χ2n) is 7.13. The minimum absolute atomic E-state index is 0.159. The van der Waals surface area contributed by atoms with Gasteiger partial charge in [-0.2, -0.15) is 0 Å². The lowest BCUT2D eigenvalue weighted by atomic mass is 10.0. The third-order valence-electron chi connectivity index (χ3n) is 5.88. The smallest absolute Gasteiger partial charge is 0.307 e. The standard InChI is InChI=1S/C17H28N2O3/c1-12(11-15(20)22-2)18-7-9-19(10-8-18)17(21)16-13-5-3-4-6-14(13)16/h12-14,16H,3-11H2,1-2H3/t12-,13-,14-/m0/s1. The zero-order valence-corrected chi connectivity index (χ0v) is 13.8. The van der Waals surface area contributed by atoms with Crippen molar-refractivity contribution in [2.75, 3.05) is 33.3 Å². The molecule has 0 unspecified atom stereocenters. The van der Waals surface area contributed by atoms with Crippen LogP contribution in [0.25, 0.3) is 0 Å². The lowest BCUT2D eigenvalue weighted by Gasteiger charge is -2.38. The van der Waals surface area contributed by atoms with Crippen LogP contribution in [0.2, 0.25) is 0 Å². The molecular weight excluding hydrogens is 280 g/mol. The van der Waals surface area contributed by atoms with Crippen molar-refractivity contribution in [2.45, 2.75) is 45.1 Å². The van der Waals surface area contributed by atoms with Crippen LogP contribution in [0.15, 0.2) is 0 Å². The summed E-state index contributed by atoms with van der Waals surface area (Å²) in [5.74, 6) is 1.96. The van der Waals surface area contributed by atoms with Gasteiger partial charge in [0.2, 0.25) is 5.91 Å². The van der Waals surface area contributed by atoms with Gasteiger partial charge in [-0.1, -0.05) is 12.8 Å². The second kappa shape index (κ2) is 6.57. The zero-order chi connectivity index (χ0) is 15.7. The highest BCUT2D eigenvalue weighted by Crippen LogP contribution is 2.56. The molecular formula is C17H28N2O3. The van der Waals surface area contributed by atoms with Crippen molar-refractivity contribution < 1.29 is 14.3 Å². The van der Waals surface area contributed by atoms with Gasteiger partial charge >= 0.3 is 5.97 Å². The third kappa shape index (κ3) is 3.14. The van der Waals surface area contributed by atoms with Gasteiger partial charge in [-0.15, -0.1) is 0 Å². The summed E-state index contributed by atoms with van der Waals surface area (Å²) < 4.78 is 4.73. The normalized spacial score (nSPS) is 33.0. The summed E-state index contributed by atoms with van der Waals surface area (Å²) in [6, 6.07) is 0.188. The Balaban J connectivity index is 1.45. The van der Waals surface area contributed by atoms with E-state index in [-0.39, 0.29) is 12.0 Å². The second-order valence-corrected chi connectivity index (χ2v) is 7.13. The van der Waals surface area contributed by atoms with E-state index in [4.69, 9.17) is 4.74 Å². The molecule has 0 aromatic heterocycles. The van der Waals surface area contributed by atoms with Gasteiger partial charge < -0.3 is 9.64 Å². The van der Waals surface area contributed by atoms with Gasteiger partial charge in [0.25, 0.3) is 0 Å². The average Bonchev–Trinajstić information content (AvgIpc) is 3.28. The lowest BCUT2D eigenvalue weighted by molar-refractivity contribution is -0.143. The monoisotopic (exact) mass is 308 g/mol. The van der Waals surface area contributed by atoms with Crippen LogP contribution in [-0.2, 0) is 14.3 Å². The van der Waals surface area contributed by atoms with E-state index in [9.17, 15) is 9.59 Å². The fraction of sp³-hybridized carbons (Fsp3) is 0.882. The molecule has 5 nitrogen and oxygen atoms in total. The molecule has 1 heterocycles. The SMILES string of the molecule is COC(=O)C[C@H](C)N1CCN(C(=O)C2[C@H]3CCCC[C@H]23)CC1.